The van der Waals surface area contributed by atoms with Crippen molar-refractivity contribution in [1.29, 1.82) is 0 Å². The number of allylic oxidation sites excluding steroid dienone is 4. The van der Waals surface area contributed by atoms with Gasteiger partial charge in [-0.15, -0.1) is 0 Å². The summed E-state index contributed by atoms with van der Waals surface area (Å²) in [6.45, 7) is 3.66. The van der Waals surface area contributed by atoms with Crippen LogP contribution < -0.4 is 0 Å². The van der Waals surface area contributed by atoms with Crippen molar-refractivity contribution in [1.82, 2.24) is 0 Å². The highest BCUT2D eigenvalue weighted by molar-refractivity contribution is 6.45. The van der Waals surface area contributed by atoms with E-state index in [1.807, 2.05) is 13.8 Å². The first-order valence-electron chi connectivity index (χ1n) is 3.54. The fraction of sp³-hybridized carbons (Fsp3) is 0.333. The van der Waals surface area contributed by atoms with E-state index in [-0.39, 0.29) is 18.0 Å². The zero-order chi connectivity index (χ0) is 8.43. The van der Waals surface area contributed by atoms with Gasteiger partial charge in [-0.25, -0.2) is 0 Å². The van der Waals surface area contributed by atoms with Crippen molar-refractivity contribution in [2.45, 2.75) is 20.3 Å². The molecule has 58 valence electrons. The first-order chi connectivity index (χ1) is 5.13. The number of hydrogen-bond donors (Lipinski definition) is 0. The van der Waals surface area contributed by atoms with Crippen LogP contribution in [0.15, 0.2) is 23.3 Å². The molecule has 0 aliphatic heterocycles. The number of carbonyl (C=O) groups excluding carboxylic acids is 2. The van der Waals surface area contributed by atoms with E-state index in [0.29, 0.717) is 5.57 Å². The maximum atomic E-state index is 11.1. The first kappa shape index (κ1) is 7.92. The predicted molar refractivity (Wildman–Crippen MR) is 42.1 cm³/mol. The molecule has 0 aromatic rings. The van der Waals surface area contributed by atoms with Crippen LogP contribution in [0.25, 0.3) is 0 Å². The van der Waals surface area contributed by atoms with Crippen molar-refractivity contribution < 1.29 is 9.59 Å². The summed E-state index contributed by atoms with van der Waals surface area (Å²) in [6.07, 6.45) is 3.71. The molecule has 0 saturated carbocycles. The van der Waals surface area contributed by atoms with Crippen molar-refractivity contribution in [3.8, 4) is 0 Å². The molecule has 0 bridgehead atoms. The maximum absolute atomic E-state index is 11.1. The molecule has 0 unspecified atom stereocenters. The van der Waals surface area contributed by atoms with Crippen molar-refractivity contribution in [3.63, 3.8) is 0 Å². The number of Topliss-reactive ketones (excluding diaryl/α,β-unsaturated/α-hetero) is 2. The fourth-order valence-corrected chi connectivity index (χ4v) is 0.996. The van der Waals surface area contributed by atoms with Gasteiger partial charge in [-0.1, -0.05) is 17.7 Å². The molecule has 0 aromatic carbocycles. The van der Waals surface area contributed by atoms with E-state index >= 15 is 0 Å². The summed E-state index contributed by atoms with van der Waals surface area (Å²) in [4.78, 5) is 22.0. The third-order valence-corrected chi connectivity index (χ3v) is 1.62. The Kier molecular flexibility index (Phi) is 2.03. The predicted octanol–water partition coefficient (Wildman–Crippen LogP) is 1.42. The summed E-state index contributed by atoms with van der Waals surface area (Å²) in [5.41, 5.74) is 1.46. The molecule has 0 saturated heterocycles. The Balaban J connectivity index is 3.10. The van der Waals surface area contributed by atoms with Gasteiger partial charge in [0.1, 0.15) is 0 Å². The van der Waals surface area contributed by atoms with Crippen LogP contribution in [0, 0.1) is 0 Å². The van der Waals surface area contributed by atoms with Crippen molar-refractivity contribution >= 4 is 11.6 Å². The van der Waals surface area contributed by atoms with E-state index in [1.165, 1.54) is 0 Å². The van der Waals surface area contributed by atoms with Crippen LogP contribution in [0.4, 0.5) is 0 Å². The molecular formula is C9H10O2. The van der Waals surface area contributed by atoms with Gasteiger partial charge in [0, 0.05) is 12.0 Å². The van der Waals surface area contributed by atoms with Crippen LogP contribution in [0.2, 0.25) is 0 Å². The van der Waals surface area contributed by atoms with Crippen molar-refractivity contribution in [3.05, 3.63) is 23.3 Å². The van der Waals surface area contributed by atoms with E-state index in [1.54, 1.807) is 12.2 Å². The average molecular weight is 150 g/mol. The molecule has 0 atom stereocenters. The van der Waals surface area contributed by atoms with E-state index in [0.717, 1.165) is 5.57 Å². The van der Waals surface area contributed by atoms with Gasteiger partial charge in [-0.2, -0.15) is 0 Å². The van der Waals surface area contributed by atoms with Crippen LogP contribution in [-0.2, 0) is 9.59 Å². The van der Waals surface area contributed by atoms with Crippen LogP contribution in [0.3, 0.4) is 0 Å². The van der Waals surface area contributed by atoms with E-state index in [9.17, 15) is 9.59 Å². The average Bonchev–Trinajstić information content (AvgIpc) is 1.94. The molecule has 1 rings (SSSR count). The molecule has 1 aliphatic rings. The van der Waals surface area contributed by atoms with Gasteiger partial charge in [0.15, 0.2) is 0 Å². The molecule has 11 heavy (non-hydrogen) atoms. The smallest absolute Gasteiger partial charge is 0.228 e. The molecule has 0 spiro atoms. The maximum Gasteiger partial charge on any atom is 0.228 e. The Morgan fingerprint density at radius 2 is 2.00 bits per heavy atom. The van der Waals surface area contributed by atoms with E-state index < -0.39 is 0 Å². The molecule has 0 amide bonds. The molecule has 0 fully saturated rings. The quantitative estimate of drug-likeness (QED) is 0.386. The molecule has 0 radical (unpaired) electrons. The van der Waals surface area contributed by atoms with Gasteiger partial charge in [0.05, 0.1) is 0 Å². The topological polar surface area (TPSA) is 34.1 Å². The molecular weight excluding hydrogens is 140 g/mol. The monoisotopic (exact) mass is 150 g/mol. The highest BCUT2D eigenvalue weighted by Crippen LogP contribution is 2.13. The Bertz CT molecular complexity index is 265. The van der Waals surface area contributed by atoms with Crippen LogP contribution in [-0.4, -0.2) is 11.6 Å². The lowest BCUT2D eigenvalue weighted by Gasteiger charge is -2.06. The number of ketones is 2. The highest BCUT2D eigenvalue weighted by atomic mass is 16.2. The van der Waals surface area contributed by atoms with Gasteiger partial charge >= 0.3 is 0 Å². The SMILES string of the molecule is CC(C)=C1C=CCC(=O)C1=O. The Morgan fingerprint density at radius 1 is 1.36 bits per heavy atom. The second-order valence-corrected chi connectivity index (χ2v) is 2.77. The van der Waals surface area contributed by atoms with Gasteiger partial charge in [0.25, 0.3) is 0 Å². The van der Waals surface area contributed by atoms with Crippen LogP contribution >= 0.6 is 0 Å². The highest BCUT2D eigenvalue weighted by Gasteiger charge is 2.19. The fourth-order valence-electron chi connectivity index (χ4n) is 0.996. The van der Waals surface area contributed by atoms with Crippen LogP contribution in [0.1, 0.15) is 20.3 Å². The summed E-state index contributed by atoms with van der Waals surface area (Å²) in [5.74, 6) is -0.642. The lowest BCUT2D eigenvalue weighted by atomic mass is 9.96. The molecule has 2 nitrogen and oxygen atoms in total. The third kappa shape index (κ3) is 1.45. The standard InChI is InChI=1S/C9H10O2/c1-6(2)7-4-3-5-8(10)9(7)11/h3-4H,5H2,1-2H3. The molecule has 1 aliphatic carbocycles. The van der Waals surface area contributed by atoms with Gasteiger partial charge < -0.3 is 0 Å². The molecule has 0 aromatic heterocycles. The number of carbonyl (C=O) groups is 2. The molecule has 0 heterocycles. The molecule has 2 heteroatoms. The lowest BCUT2D eigenvalue weighted by molar-refractivity contribution is -0.134. The van der Waals surface area contributed by atoms with E-state index in [4.69, 9.17) is 0 Å². The zero-order valence-corrected chi connectivity index (χ0v) is 6.68. The Morgan fingerprint density at radius 3 is 2.45 bits per heavy atom. The minimum Gasteiger partial charge on any atom is -0.290 e. The lowest BCUT2D eigenvalue weighted by Crippen LogP contribution is -2.18. The van der Waals surface area contributed by atoms with Gasteiger partial charge in [0.2, 0.25) is 11.6 Å². The van der Waals surface area contributed by atoms with E-state index in [2.05, 4.69) is 0 Å². The van der Waals surface area contributed by atoms with Crippen LogP contribution in [0.5, 0.6) is 0 Å². The van der Waals surface area contributed by atoms with Crippen molar-refractivity contribution in [2.75, 3.05) is 0 Å². The largest absolute Gasteiger partial charge is 0.290 e. The number of hydrogen-bond acceptors (Lipinski definition) is 2. The van der Waals surface area contributed by atoms with Gasteiger partial charge in [-0.05, 0) is 13.8 Å². The molecule has 0 N–H and O–H groups in total. The Hall–Kier alpha value is -1.18. The number of rotatable bonds is 0. The minimum atomic E-state index is -0.340. The van der Waals surface area contributed by atoms with Gasteiger partial charge in [-0.3, -0.25) is 9.59 Å². The normalized spacial score (nSPS) is 17.5. The first-order valence-corrected chi connectivity index (χ1v) is 3.54. The van der Waals surface area contributed by atoms with Crippen molar-refractivity contribution in [2.24, 2.45) is 0 Å². The summed E-state index contributed by atoms with van der Waals surface area (Å²) < 4.78 is 0. The second kappa shape index (κ2) is 2.82. The summed E-state index contributed by atoms with van der Waals surface area (Å²) in [6, 6.07) is 0. The summed E-state index contributed by atoms with van der Waals surface area (Å²) >= 11 is 0. The third-order valence-electron chi connectivity index (χ3n) is 1.62. The summed E-state index contributed by atoms with van der Waals surface area (Å²) in [5, 5.41) is 0. The summed E-state index contributed by atoms with van der Waals surface area (Å²) in [7, 11) is 0. The Labute approximate surface area is 65.6 Å². The zero-order valence-electron chi connectivity index (χ0n) is 6.68. The minimum absolute atomic E-state index is 0.260. The second-order valence-electron chi connectivity index (χ2n) is 2.77.